The molecular weight excluding hydrogens is 256 g/mol. The molecule has 0 aromatic heterocycles. The van der Waals surface area contributed by atoms with E-state index in [1.165, 1.54) is 11.1 Å². The zero-order valence-corrected chi connectivity index (χ0v) is 12.2. The van der Waals surface area contributed by atoms with Gasteiger partial charge in [0.25, 0.3) is 0 Å². The molecule has 0 saturated heterocycles. The summed E-state index contributed by atoms with van der Waals surface area (Å²) < 4.78 is 0. The maximum absolute atomic E-state index is 12.3. The summed E-state index contributed by atoms with van der Waals surface area (Å²) in [6.45, 7) is 6.09. The molecule has 0 fully saturated rings. The number of Topliss-reactive ketones (excluding diaryl/α,β-unsaturated/α-hetero) is 1. The summed E-state index contributed by atoms with van der Waals surface area (Å²) in [4.78, 5) is 12.3. The Morgan fingerprint density at radius 3 is 2.37 bits per heavy atom. The van der Waals surface area contributed by atoms with Crippen LogP contribution in [0.5, 0.6) is 0 Å². The van der Waals surface area contributed by atoms with E-state index in [2.05, 4.69) is 26.0 Å². The molecule has 2 heteroatoms. The number of ketones is 1. The number of rotatable bonds is 3. The van der Waals surface area contributed by atoms with Crippen LogP contribution in [0.3, 0.4) is 0 Å². The first kappa shape index (κ1) is 13.8. The Morgan fingerprint density at radius 2 is 1.74 bits per heavy atom. The second-order valence-electron chi connectivity index (χ2n) is 5.00. The maximum atomic E-state index is 12.3. The second-order valence-corrected chi connectivity index (χ2v) is 5.41. The zero-order chi connectivity index (χ0) is 14.0. The summed E-state index contributed by atoms with van der Waals surface area (Å²) in [7, 11) is 0. The van der Waals surface area contributed by atoms with E-state index < -0.39 is 0 Å². The first-order valence-electron chi connectivity index (χ1n) is 6.33. The minimum Gasteiger partial charge on any atom is -0.294 e. The van der Waals surface area contributed by atoms with E-state index in [0.717, 1.165) is 11.1 Å². The average Bonchev–Trinajstić information content (AvgIpc) is 2.33. The molecule has 0 aliphatic heterocycles. The van der Waals surface area contributed by atoms with Gasteiger partial charge in [-0.15, -0.1) is 0 Å². The highest BCUT2D eigenvalue weighted by Gasteiger charge is 2.11. The van der Waals surface area contributed by atoms with Crippen molar-refractivity contribution in [3.05, 3.63) is 69.2 Å². The second kappa shape index (κ2) is 5.58. The fourth-order valence-electron chi connectivity index (χ4n) is 2.04. The van der Waals surface area contributed by atoms with Crippen LogP contribution in [-0.4, -0.2) is 5.78 Å². The van der Waals surface area contributed by atoms with Gasteiger partial charge in [0.05, 0.1) is 5.02 Å². The van der Waals surface area contributed by atoms with Gasteiger partial charge in [0, 0.05) is 12.0 Å². The molecule has 0 saturated carbocycles. The monoisotopic (exact) mass is 272 g/mol. The van der Waals surface area contributed by atoms with Crippen LogP contribution in [0.1, 0.15) is 32.6 Å². The van der Waals surface area contributed by atoms with Gasteiger partial charge in [-0.25, -0.2) is 0 Å². The van der Waals surface area contributed by atoms with Crippen molar-refractivity contribution in [2.75, 3.05) is 0 Å². The van der Waals surface area contributed by atoms with Crippen LogP contribution in [0.4, 0.5) is 0 Å². The molecule has 98 valence electrons. The van der Waals surface area contributed by atoms with Gasteiger partial charge in [-0.2, -0.15) is 0 Å². The minimum atomic E-state index is 0.0632. The van der Waals surface area contributed by atoms with Crippen LogP contribution in [0.25, 0.3) is 0 Å². The summed E-state index contributed by atoms with van der Waals surface area (Å²) in [6.07, 6.45) is 0.393. The van der Waals surface area contributed by atoms with Crippen molar-refractivity contribution in [3.63, 3.8) is 0 Å². The molecular formula is C17H17ClO. The van der Waals surface area contributed by atoms with Crippen LogP contribution in [-0.2, 0) is 6.42 Å². The smallest absolute Gasteiger partial charge is 0.168 e. The molecule has 0 bridgehead atoms. The summed E-state index contributed by atoms with van der Waals surface area (Å²) in [5, 5.41) is 0.536. The third-order valence-electron chi connectivity index (χ3n) is 3.36. The normalized spacial score (nSPS) is 10.5. The fraction of sp³-hybridized carbons (Fsp3) is 0.235. The summed E-state index contributed by atoms with van der Waals surface area (Å²) in [5.41, 5.74) is 5.15. The highest BCUT2D eigenvalue weighted by molar-refractivity contribution is 6.34. The number of carbonyl (C=O) groups excluding carboxylic acids is 1. The highest BCUT2D eigenvalue weighted by atomic mass is 35.5. The minimum absolute atomic E-state index is 0.0632. The van der Waals surface area contributed by atoms with Crippen molar-refractivity contribution in [3.8, 4) is 0 Å². The van der Waals surface area contributed by atoms with E-state index in [1.54, 1.807) is 6.07 Å². The van der Waals surface area contributed by atoms with Gasteiger partial charge in [-0.3, -0.25) is 4.79 Å². The summed E-state index contributed by atoms with van der Waals surface area (Å²) in [5.74, 6) is 0.0632. The molecule has 0 amide bonds. The zero-order valence-electron chi connectivity index (χ0n) is 11.5. The lowest BCUT2D eigenvalue weighted by Crippen LogP contribution is -2.05. The lowest BCUT2D eigenvalue weighted by molar-refractivity contribution is 0.0993. The number of hydrogen-bond donors (Lipinski definition) is 0. The van der Waals surface area contributed by atoms with E-state index >= 15 is 0 Å². The Labute approximate surface area is 119 Å². The predicted octanol–water partition coefficient (Wildman–Crippen LogP) is 4.69. The summed E-state index contributed by atoms with van der Waals surface area (Å²) >= 11 is 6.13. The van der Waals surface area contributed by atoms with E-state index in [1.807, 2.05) is 25.1 Å². The van der Waals surface area contributed by atoms with Crippen LogP contribution in [0.2, 0.25) is 5.02 Å². The van der Waals surface area contributed by atoms with E-state index in [0.29, 0.717) is 17.0 Å². The van der Waals surface area contributed by atoms with Crippen molar-refractivity contribution in [2.24, 2.45) is 0 Å². The lowest BCUT2D eigenvalue weighted by Gasteiger charge is -2.07. The molecule has 0 spiro atoms. The molecule has 0 atom stereocenters. The fourth-order valence-corrected chi connectivity index (χ4v) is 2.38. The Balaban J connectivity index is 2.23. The Kier molecular flexibility index (Phi) is 4.06. The van der Waals surface area contributed by atoms with Gasteiger partial charge in [0.1, 0.15) is 0 Å². The van der Waals surface area contributed by atoms with Crippen molar-refractivity contribution in [1.29, 1.82) is 0 Å². The number of hydrogen-bond acceptors (Lipinski definition) is 1. The number of benzene rings is 2. The van der Waals surface area contributed by atoms with Crippen LogP contribution in [0.15, 0.2) is 36.4 Å². The molecule has 19 heavy (non-hydrogen) atoms. The molecule has 2 aromatic carbocycles. The lowest BCUT2D eigenvalue weighted by atomic mass is 9.99. The largest absolute Gasteiger partial charge is 0.294 e. The molecule has 0 unspecified atom stereocenters. The molecule has 0 heterocycles. The molecule has 1 nitrogen and oxygen atoms in total. The maximum Gasteiger partial charge on any atom is 0.168 e. The van der Waals surface area contributed by atoms with Crippen LogP contribution in [0, 0.1) is 20.8 Å². The molecule has 0 aliphatic carbocycles. The number of carbonyl (C=O) groups is 1. The first-order valence-corrected chi connectivity index (χ1v) is 6.70. The third-order valence-corrected chi connectivity index (χ3v) is 3.67. The topological polar surface area (TPSA) is 17.1 Å². The number of halogens is 1. The van der Waals surface area contributed by atoms with Crippen molar-refractivity contribution >= 4 is 17.4 Å². The van der Waals surface area contributed by atoms with Gasteiger partial charge >= 0.3 is 0 Å². The first-order chi connectivity index (χ1) is 8.97. The Bertz CT molecular complexity index is 629. The van der Waals surface area contributed by atoms with Gasteiger partial charge in [-0.05, 0) is 55.2 Å². The average molecular weight is 273 g/mol. The van der Waals surface area contributed by atoms with Gasteiger partial charge in [0.15, 0.2) is 5.78 Å². The predicted molar refractivity (Wildman–Crippen MR) is 80.1 cm³/mol. The number of aryl methyl sites for hydroxylation is 3. The van der Waals surface area contributed by atoms with Crippen LogP contribution >= 0.6 is 11.6 Å². The van der Waals surface area contributed by atoms with Gasteiger partial charge in [-0.1, -0.05) is 35.9 Å². The third kappa shape index (κ3) is 3.24. The van der Waals surface area contributed by atoms with Crippen molar-refractivity contribution in [1.82, 2.24) is 0 Å². The van der Waals surface area contributed by atoms with E-state index in [-0.39, 0.29) is 5.78 Å². The SMILES string of the molecule is Cc1ccc(C(=O)Cc2ccc(C)c(C)c2)c(Cl)c1. The Hall–Kier alpha value is -1.60. The standard InChI is InChI=1S/C17H17ClO/c1-11-4-7-15(16(18)8-11)17(19)10-14-6-5-12(2)13(3)9-14/h4-9H,10H2,1-3H3. The van der Waals surface area contributed by atoms with Gasteiger partial charge in [0.2, 0.25) is 0 Å². The Morgan fingerprint density at radius 1 is 1.00 bits per heavy atom. The van der Waals surface area contributed by atoms with Crippen LogP contribution < -0.4 is 0 Å². The molecule has 0 N–H and O–H groups in total. The van der Waals surface area contributed by atoms with E-state index in [4.69, 9.17) is 11.6 Å². The highest BCUT2D eigenvalue weighted by Crippen LogP contribution is 2.20. The molecule has 0 aliphatic rings. The molecule has 2 rings (SSSR count). The quantitative estimate of drug-likeness (QED) is 0.741. The summed E-state index contributed by atoms with van der Waals surface area (Å²) in [6, 6.07) is 11.7. The van der Waals surface area contributed by atoms with Gasteiger partial charge < -0.3 is 0 Å². The van der Waals surface area contributed by atoms with Crippen molar-refractivity contribution in [2.45, 2.75) is 27.2 Å². The molecule has 0 radical (unpaired) electrons. The van der Waals surface area contributed by atoms with Crippen molar-refractivity contribution < 1.29 is 4.79 Å². The van der Waals surface area contributed by atoms with E-state index in [9.17, 15) is 4.79 Å². The molecule has 2 aromatic rings.